The lowest BCUT2D eigenvalue weighted by Gasteiger charge is -2.29. The van der Waals surface area contributed by atoms with Gasteiger partial charge in [0, 0.05) is 11.8 Å². The Morgan fingerprint density at radius 2 is 2.16 bits per heavy atom. The predicted octanol–water partition coefficient (Wildman–Crippen LogP) is 0.807. The second kappa shape index (κ2) is 7.79. The van der Waals surface area contributed by atoms with Gasteiger partial charge in [-0.1, -0.05) is 29.8 Å². The van der Waals surface area contributed by atoms with Crippen LogP contribution in [0.3, 0.4) is 0 Å². The highest BCUT2D eigenvalue weighted by molar-refractivity contribution is 7.49. The first-order valence-electron chi connectivity index (χ1n) is 8.92. The Bertz CT molecular complexity index is 1220. The molecule has 12 nitrogen and oxygen atoms in total. The predicted molar refractivity (Wildman–Crippen MR) is 104 cm³/mol. The van der Waals surface area contributed by atoms with Crippen LogP contribution >= 0.6 is 19.4 Å². The van der Waals surface area contributed by atoms with Crippen LogP contribution < -0.4 is 15.9 Å². The van der Waals surface area contributed by atoms with Gasteiger partial charge < -0.3 is 20.5 Å². The topological polar surface area (TPSA) is 179 Å². The van der Waals surface area contributed by atoms with Crippen LogP contribution in [0.5, 0.6) is 5.75 Å². The minimum Gasteiger partial charge on any atom is -0.404 e. The summed E-state index contributed by atoms with van der Waals surface area (Å²) in [4.78, 5) is 15.6. The Morgan fingerprint density at radius 3 is 2.88 bits per heavy atom. The van der Waals surface area contributed by atoms with Gasteiger partial charge in [0.25, 0.3) is 11.6 Å². The molecule has 2 aliphatic rings. The molecule has 0 amide bonds. The van der Waals surface area contributed by atoms with Crippen molar-refractivity contribution in [2.45, 2.75) is 30.4 Å². The number of rotatable bonds is 4. The number of hydrogen-bond donors (Lipinski definition) is 3. The Kier molecular flexibility index (Phi) is 5.51. The molecular formula is C17H15ClFN4O8P. The molecule has 1 fully saturated rings. The van der Waals surface area contributed by atoms with Crippen LogP contribution in [0.15, 0.2) is 35.3 Å². The maximum atomic E-state index is 15.5. The maximum absolute atomic E-state index is 15.5. The lowest BCUT2D eigenvalue weighted by Crippen LogP contribution is -2.49. The normalized spacial score (nSPS) is 33.8. The van der Waals surface area contributed by atoms with Crippen LogP contribution in [0.1, 0.15) is 5.56 Å². The van der Waals surface area contributed by atoms with Crippen molar-refractivity contribution in [2.24, 2.45) is 0 Å². The molecule has 32 heavy (non-hydrogen) atoms. The van der Waals surface area contributed by atoms with Gasteiger partial charge in [0.2, 0.25) is 0 Å². The number of nitriles is 1. The van der Waals surface area contributed by atoms with Gasteiger partial charge in [-0.15, -0.1) is 0 Å². The van der Waals surface area contributed by atoms with E-state index in [4.69, 9.17) is 35.6 Å². The lowest BCUT2D eigenvalue weighted by atomic mass is 10.0. The van der Waals surface area contributed by atoms with Crippen molar-refractivity contribution in [3.05, 3.63) is 51.5 Å². The third kappa shape index (κ3) is 3.56. The number of anilines is 1. The van der Waals surface area contributed by atoms with Gasteiger partial charge in [0.1, 0.15) is 36.5 Å². The number of phosphoric acid groups is 1. The molecular weight excluding hydrogens is 474 g/mol. The number of aliphatic hydroxyl groups is 2. The molecule has 170 valence electrons. The summed E-state index contributed by atoms with van der Waals surface area (Å²) in [6.07, 6.45) is -3.94. The fraction of sp³-hybridized carbons (Fsp3) is 0.353. The first-order valence-corrected chi connectivity index (χ1v) is 10.8. The van der Waals surface area contributed by atoms with Gasteiger partial charge in [0.05, 0.1) is 11.6 Å². The highest BCUT2D eigenvalue weighted by Gasteiger charge is 2.66. The van der Waals surface area contributed by atoms with E-state index in [0.717, 1.165) is 6.20 Å². The number of nitrogens with two attached hydrogens (primary N) is 1. The number of para-hydroxylation sites is 1. The van der Waals surface area contributed by atoms with E-state index in [2.05, 4.69) is 4.98 Å². The summed E-state index contributed by atoms with van der Waals surface area (Å²) in [6, 6.07) is 7.90. The number of aromatic nitrogens is 2. The number of benzene rings is 1. The van der Waals surface area contributed by atoms with Gasteiger partial charge in [-0.2, -0.15) is 10.2 Å². The number of hydrogen-bond acceptors (Lipinski definition) is 11. The van der Waals surface area contributed by atoms with Crippen molar-refractivity contribution in [3.8, 4) is 11.8 Å². The zero-order chi connectivity index (χ0) is 23.3. The number of alkyl halides is 1. The fourth-order valence-corrected chi connectivity index (χ4v) is 4.57. The first-order chi connectivity index (χ1) is 15.0. The molecule has 0 radical (unpaired) electrons. The molecule has 2 aromatic rings. The van der Waals surface area contributed by atoms with Crippen LogP contribution in [-0.2, 0) is 30.7 Å². The summed E-state index contributed by atoms with van der Waals surface area (Å²) in [7, 11) is -4.35. The van der Waals surface area contributed by atoms with E-state index >= 15 is 4.39 Å². The summed E-state index contributed by atoms with van der Waals surface area (Å²) >= 11 is 5.82. The number of ether oxygens (including phenoxy) is 1. The Labute approximate surface area is 184 Å². The average molecular weight is 489 g/mol. The highest BCUT2D eigenvalue weighted by atomic mass is 35.5. The van der Waals surface area contributed by atoms with Crippen molar-refractivity contribution in [2.75, 3.05) is 12.3 Å². The molecule has 5 atom stereocenters. The Balaban J connectivity index is 1.61. The number of nitrogens with zero attached hydrogens (tertiary/aromatic N) is 3. The molecule has 4 rings (SSSR count). The van der Waals surface area contributed by atoms with Gasteiger partial charge >= 0.3 is 13.5 Å². The van der Waals surface area contributed by atoms with E-state index in [9.17, 15) is 24.8 Å². The average Bonchev–Trinajstić information content (AvgIpc) is 2.97. The smallest absolute Gasteiger partial charge is 0.404 e. The number of halogens is 2. The zero-order valence-corrected chi connectivity index (χ0v) is 17.6. The number of nitrogen functional groups attached to an aromatic ring is 1. The van der Waals surface area contributed by atoms with Crippen molar-refractivity contribution in [1.82, 2.24) is 9.55 Å². The lowest BCUT2D eigenvalue weighted by molar-refractivity contribution is -0.226. The van der Waals surface area contributed by atoms with E-state index in [1.165, 1.54) is 12.1 Å². The molecule has 4 N–H and O–H groups in total. The number of aliphatic hydroxyl groups excluding tert-OH is 2. The molecule has 0 spiro atoms. The highest BCUT2D eigenvalue weighted by Crippen LogP contribution is 2.56. The third-order valence-corrected chi connectivity index (χ3v) is 6.48. The third-order valence-electron chi connectivity index (χ3n) is 4.87. The first kappa shape index (κ1) is 22.6. The van der Waals surface area contributed by atoms with Gasteiger partial charge in [0.15, 0.2) is 0 Å². The number of fused-ring (bicyclic) bond motifs is 1. The summed E-state index contributed by atoms with van der Waals surface area (Å²) in [5.41, 5.74) is 1.98. The van der Waals surface area contributed by atoms with E-state index in [1.807, 2.05) is 0 Å². The van der Waals surface area contributed by atoms with E-state index < -0.39 is 43.9 Å². The van der Waals surface area contributed by atoms with Crippen molar-refractivity contribution in [1.29, 1.82) is 5.26 Å². The van der Waals surface area contributed by atoms with E-state index in [-0.39, 0.29) is 23.2 Å². The molecule has 0 bridgehead atoms. The van der Waals surface area contributed by atoms with E-state index in [0.29, 0.717) is 10.1 Å². The summed E-state index contributed by atoms with van der Waals surface area (Å²) < 4.78 is 48.8. The summed E-state index contributed by atoms with van der Waals surface area (Å²) in [6.45, 7) is -1.45. The molecule has 1 saturated heterocycles. The standard InChI is InChI=1S/C17H15ClFN4O8P/c18-10-5-23(15(26)22-14(10)21)17(7-20)13(25)12(24)16(19,31-17)8-29-32(27)28-6-9-3-1-2-4-11(9)30-32/h1-5,12-13,24-25H,6,8H2,(H2,21,22,26)/t12-,13+,16+,17+,32?/m0/s1. The fourth-order valence-electron chi connectivity index (χ4n) is 3.20. The molecule has 1 aromatic carbocycles. The largest absolute Gasteiger partial charge is 0.530 e. The molecule has 0 saturated carbocycles. The Morgan fingerprint density at radius 1 is 1.44 bits per heavy atom. The second-order valence-electron chi connectivity index (χ2n) is 6.91. The van der Waals surface area contributed by atoms with Crippen molar-refractivity contribution < 1.29 is 37.5 Å². The molecule has 2 aliphatic heterocycles. The van der Waals surface area contributed by atoms with E-state index in [1.54, 1.807) is 18.2 Å². The van der Waals surface area contributed by atoms with Gasteiger partial charge in [-0.05, 0) is 6.07 Å². The van der Waals surface area contributed by atoms with Gasteiger partial charge in [-0.25, -0.2) is 13.8 Å². The van der Waals surface area contributed by atoms with Gasteiger partial charge in [-0.3, -0.25) is 18.4 Å². The number of phosphoric ester groups is 1. The van der Waals surface area contributed by atoms with Crippen molar-refractivity contribution >= 4 is 25.2 Å². The minimum atomic E-state index is -4.35. The summed E-state index contributed by atoms with van der Waals surface area (Å²) in [5.74, 6) is -3.51. The van der Waals surface area contributed by atoms with Crippen LogP contribution in [0.25, 0.3) is 0 Å². The van der Waals surface area contributed by atoms with Crippen LogP contribution in [0.4, 0.5) is 10.2 Å². The molecule has 0 aliphatic carbocycles. The van der Waals surface area contributed by atoms with Crippen LogP contribution in [0, 0.1) is 11.3 Å². The van der Waals surface area contributed by atoms with Crippen molar-refractivity contribution in [3.63, 3.8) is 0 Å². The molecule has 1 aromatic heterocycles. The summed E-state index contributed by atoms with van der Waals surface area (Å²) in [5, 5.41) is 30.0. The van der Waals surface area contributed by atoms with Crippen LogP contribution in [0.2, 0.25) is 5.02 Å². The SMILES string of the molecule is N#C[C@@]1(n2cc(Cl)c(N)nc2=O)O[C@](F)(COP2(=O)OCc3ccccc3O2)[C@@H](O)[C@H]1O. The van der Waals surface area contributed by atoms with Crippen LogP contribution in [-0.4, -0.2) is 44.4 Å². The molecule has 3 heterocycles. The monoisotopic (exact) mass is 488 g/mol. The quantitative estimate of drug-likeness (QED) is 0.518. The molecule has 15 heteroatoms. The maximum Gasteiger partial charge on any atom is 0.530 e. The zero-order valence-electron chi connectivity index (χ0n) is 15.9. The minimum absolute atomic E-state index is 0.161. The Hall–Kier alpha value is -2.56. The second-order valence-corrected chi connectivity index (χ2v) is 8.91. The molecule has 1 unspecified atom stereocenters.